The second kappa shape index (κ2) is 7.58. The van der Waals surface area contributed by atoms with Gasteiger partial charge in [0.2, 0.25) is 0 Å². The molecule has 1 saturated heterocycles. The normalized spacial score (nSPS) is 21.7. The van der Waals surface area contributed by atoms with E-state index < -0.39 is 17.6 Å². The van der Waals surface area contributed by atoms with Gasteiger partial charge in [-0.3, -0.25) is 5.41 Å². The number of piperazine rings is 1. The van der Waals surface area contributed by atoms with Crippen molar-refractivity contribution < 1.29 is 17.6 Å². The lowest BCUT2D eigenvalue weighted by Crippen LogP contribution is -2.47. The molecule has 1 atom stereocenters. The van der Waals surface area contributed by atoms with E-state index in [1.165, 1.54) is 11.1 Å². The van der Waals surface area contributed by atoms with Gasteiger partial charge in [0.1, 0.15) is 5.82 Å². The van der Waals surface area contributed by atoms with Crippen molar-refractivity contribution in [3.63, 3.8) is 0 Å². The van der Waals surface area contributed by atoms with Gasteiger partial charge in [0.25, 0.3) is 0 Å². The number of anilines is 1. The first-order chi connectivity index (χ1) is 13.1. The Balaban J connectivity index is 2.07. The Morgan fingerprint density at radius 1 is 1.18 bits per heavy atom. The predicted octanol–water partition coefficient (Wildman–Crippen LogP) is 4.41. The van der Waals surface area contributed by atoms with Crippen LogP contribution in [0.1, 0.15) is 30.4 Å². The van der Waals surface area contributed by atoms with Crippen LogP contribution >= 0.6 is 0 Å². The molecule has 2 aliphatic rings. The molecule has 152 valence electrons. The molecule has 0 saturated carbocycles. The molecule has 28 heavy (non-hydrogen) atoms. The van der Waals surface area contributed by atoms with Crippen molar-refractivity contribution in [1.29, 1.82) is 5.41 Å². The van der Waals surface area contributed by atoms with Crippen molar-refractivity contribution in [1.82, 2.24) is 9.80 Å². The molecule has 1 fully saturated rings. The van der Waals surface area contributed by atoms with E-state index in [2.05, 4.69) is 16.4 Å². The average molecular weight is 396 g/mol. The zero-order valence-electron chi connectivity index (χ0n) is 16.0. The van der Waals surface area contributed by atoms with Crippen molar-refractivity contribution >= 4 is 11.5 Å². The fourth-order valence-corrected chi connectivity index (χ4v) is 3.67. The van der Waals surface area contributed by atoms with E-state index in [0.717, 1.165) is 38.3 Å². The summed E-state index contributed by atoms with van der Waals surface area (Å²) >= 11 is 0. The van der Waals surface area contributed by atoms with Crippen LogP contribution in [-0.2, 0) is 6.18 Å². The van der Waals surface area contributed by atoms with E-state index in [1.54, 1.807) is 0 Å². The van der Waals surface area contributed by atoms with Crippen molar-refractivity contribution in [2.45, 2.75) is 25.4 Å². The first-order valence-electron chi connectivity index (χ1n) is 9.18. The molecule has 1 N–H and O–H groups in total. The summed E-state index contributed by atoms with van der Waals surface area (Å²) in [6, 6.07) is 1.74. The van der Waals surface area contributed by atoms with Crippen LogP contribution in [0.15, 0.2) is 36.7 Å². The number of amidine groups is 1. The van der Waals surface area contributed by atoms with E-state index in [0.29, 0.717) is 17.7 Å². The molecule has 0 radical (unpaired) electrons. The molecule has 3 rings (SSSR count). The van der Waals surface area contributed by atoms with Crippen LogP contribution in [0.4, 0.5) is 23.2 Å². The van der Waals surface area contributed by atoms with Gasteiger partial charge in [0.15, 0.2) is 5.84 Å². The zero-order chi connectivity index (χ0) is 20.6. The number of halogens is 4. The first kappa shape index (κ1) is 20.4. The highest BCUT2D eigenvalue weighted by atomic mass is 19.4. The van der Waals surface area contributed by atoms with Gasteiger partial charge < -0.3 is 14.7 Å². The molecule has 0 aromatic heterocycles. The van der Waals surface area contributed by atoms with Gasteiger partial charge in [-0.05, 0) is 37.1 Å². The van der Waals surface area contributed by atoms with Gasteiger partial charge in [-0.2, -0.15) is 13.2 Å². The number of fused-ring (bicyclic) bond motifs is 1. The van der Waals surface area contributed by atoms with E-state index in [-0.39, 0.29) is 17.4 Å². The van der Waals surface area contributed by atoms with Crippen LogP contribution in [0.25, 0.3) is 0 Å². The maximum atomic E-state index is 14.2. The Morgan fingerprint density at radius 3 is 2.39 bits per heavy atom. The van der Waals surface area contributed by atoms with Crippen LogP contribution < -0.4 is 4.90 Å². The summed E-state index contributed by atoms with van der Waals surface area (Å²) < 4.78 is 54.0. The molecule has 1 aromatic rings. The van der Waals surface area contributed by atoms with Gasteiger partial charge in [-0.1, -0.05) is 19.6 Å². The standard InChI is InChI=1S/C20H24F4N4/c1-4-28-18-12-15(20(22,23)24)16(21)11-14(18)13(2)5-6-17(19(28)25)27-9-7-26(3)8-10-27/h4,6,11-13,25H,1,5,7-10H2,2-3H3. The molecule has 2 aliphatic heterocycles. The number of nitrogens with zero attached hydrogens (tertiary/aromatic N) is 3. The molecule has 0 aliphatic carbocycles. The fourth-order valence-electron chi connectivity index (χ4n) is 3.67. The molecule has 0 spiro atoms. The summed E-state index contributed by atoms with van der Waals surface area (Å²) in [6.45, 7) is 8.68. The monoisotopic (exact) mass is 396 g/mol. The number of allylic oxidation sites excluding steroid dienone is 1. The summed E-state index contributed by atoms with van der Waals surface area (Å²) in [4.78, 5) is 5.58. The number of benzene rings is 1. The molecule has 1 unspecified atom stereocenters. The largest absolute Gasteiger partial charge is 0.419 e. The lowest BCUT2D eigenvalue weighted by atomic mass is 9.91. The van der Waals surface area contributed by atoms with Gasteiger partial charge >= 0.3 is 6.18 Å². The lowest BCUT2D eigenvalue weighted by Gasteiger charge is -2.39. The minimum atomic E-state index is -4.81. The SMILES string of the molecule is C=CN1C(=N)C(N2CCN(C)CC2)=CCC(C)c2cc(F)c(C(F)(F)F)cc21. The second-order valence-corrected chi connectivity index (χ2v) is 7.31. The van der Waals surface area contributed by atoms with Crippen molar-refractivity contribution in [2.24, 2.45) is 0 Å². The highest BCUT2D eigenvalue weighted by molar-refractivity contribution is 6.09. The van der Waals surface area contributed by atoms with Crippen molar-refractivity contribution in [3.05, 3.63) is 53.6 Å². The lowest BCUT2D eigenvalue weighted by molar-refractivity contribution is -0.139. The van der Waals surface area contributed by atoms with Crippen molar-refractivity contribution in [3.8, 4) is 0 Å². The van der Waals surface area contributed by atoms with E-state index in [9.17, 15) is 17.6 Å². The molecule has 0 bridgehead atoms. The van der Waals surface area contributed by atoms with Gasteiger partial charge in [-0.15, -0.1) is 0 Å². The average Bonchev–Trinajstić information content (AvgIpc) is 2.62. The molecule has 8 heteroatoms. The number of rotatable bonds is 2. The van der Waals surface area contributed by atoms with Crippen LogP contribution in [0.5, 0.6) is 0 Å². The number of nitrogens with one attached hydrogen (secondary N) is 1. The number of alkyl halides is 3. The summed E-state index contributed by atoms with van der Waals surface area (Å²) in [5.74, 6) is -1.45. The Labute approximate surface area is 162 Å². The van der Waals surface area contributed by atoms with Crippen LogP contribution in [0.3, 0.4) is 0 Å². The third kappa shape index (κ3) is 3.78. The highest BCUT2D eigenvalue weighted by Gasteiger charge is 2.37. The maximum absolute atomic E-state index is 14.2. The van der Waals surface area contributed by atoms with Crippen LogP contribution in [0, 0.1) is 11.2 Å². The van der Waals surface area contributed by atoms with Gasteiger partial charge in [0.05, 0.1) is 16.9 Å². The topological polar surface area (TPSA) is 33.6 Å². The smallest absolute Gasteiger partial charge is 0.366 e. The molecular weight excluding hydrogens is 372 g/mol. The van der Waals surface area contributed by atoms with E-state index in [1.807, 2.05) is 20.0 Å². The Kier molecular flexibility index (Phi) is 5.52. The predicted molar refractivity (Wildman–Crippen MR) is 102 cm³/mol. The fraction of sp³-hybridized carbons (Fsp3) is 0.450. The second-order valence-electron chi connectivity index (χ2n) is 7.31. The van der Waals surface area contributed by atoms with Crippen molar-refractivity contribution in [2.75, 3.05) is 38.1 Å². The molecule has 1 aromatic carbocycles. The summed E-state index contributed by atoms with van der Waals surface area (Å²) in [6.07, 6.45) is -1.06. The van der Waals surface area contributed by atoms with Crippen LogP contribution in [0.2, 0.25) is 0 Å². The number of hydrogen-bond acceptors (Lipinski definition) is 3. The van der Waals surface area contributed by atoms with Gasteiger partial charge in [0, 0.05) is 32.4 Å². The summed E-state index contributed by atoms with van der Waals surface area (Å²) in [5, 5.41) is 8.66. The van der Waals surface area contributed by atoms with Crippen LogP contribution in [-0.4, -0.2) is 48.9 Å². The minimum Gasteiger partial charge on any atom is -0.366 e. The molecule has 0 amide bonds. The summed E-state index contributed by atoms with van der Waals surface area (Å²) in [5.41, 5.74) is -0.0723. The summed E-state index contributed by atoms with van der Waals surface area (Å²) in [7, 11) is 2.02. The molecule has 2 heterocycles. The Bertz CT molecular complexity index is 807. The quantitative estimate of drug-likeness (QED) is 0.752. The Morgan fingerprint density at radius 2 is 1.82 bits per heavy atom. The highest BCUT2D eigenvalue weighted by Crippen LogP contribution is 2.40. The maximum Gasteiger partial charge on any atom is 0.419 e. The minimum absolute atomic E-state index is 0.0486. The molecule has 4 nitrogen and oxygen atoms in total. The van der Waals surface area contributed by atoms with E-state index >= 15 is 0 Å². The Hall–Kier alpha value is -2.35. The number of likely N-dealkylation sites (N-methyl/N-ethyl adjacent to an activating group) is 1. The van der Waals surface area contributed by atoms with E-state index in [4.69, 9.17) is 5.41 Å². The first-order valence-corrected chi connectivity index (χ1v) is 9.18. The third-order valence-electron chi connectivity index (χ3n) is 5.39. The zero-order valence-corrected chi connectivity index (χ0v) is 16.0. The number of hydrogen-bond donors (Lipinski definition) is 1. The molecular formula is C20H24F4N4. The van der Waals surface area contributed by atoms with Gasteiger partial charge in [-0.25, -0.2) is 4.39 Å². The third-order valence-corrected chi connectivity index (χ3v) is 5.39.